The molecule has 2 N–H and O–H groups in total. The molecule has 0 aliphatic rings. The Morgan fingerprint density at radius 2 is 1.71 bits per heavy atom. The molecule has 21 heavy (non-hydrogen) atoms. The largest absolute Gasteiger partial charge is 0.497 e. The first-order valence-electron chi connectivity index (χ1n) is 7.60. The summed E-state index contributed by atoms with van der Waals surface area (Å²) in [5.41, 5.74) is 6.28. The second-order valence-electron chi connectivity index (χ2n) is 5.30. The van der Waals surface area contributed by atoms with Gasteiger partial charge in [-0.1, -0.05) is 19.8 Å². The molecule has 0 aromatic heterocycles. The number of rotatable bonds is 10. The lowest BCUT2D eigenvalue weighted by Gasteiger charge is -2.14. The monoisotopic (exact) mass is 293 g/mol. The molecule has 0 heterocycles. The standard InChI is InChI=1S/C17H27NO3/c1-4-5-13(8-9-18)6-7-17(19)14-10-15(20-2)12-16(11-14)21-3/h10-13H,4-9,18H2,1-3H3. The molecule has 0 saturated carbocycles. The third-order valence-electron chi connectivity index (χ3n) is 3.72. The minimum atomic E-state index is 0.130. The third-order valence-corrected chi connectivity index (χ3v) is 3.72. The molecule has 1 rings (SSSR count). The lowest BCUT2D eigenvalue weighted by atomic mass is 9.92. The van der Waals surface area contributed by atoms with Crippen LogP contribution in [-0.2, 0) is 0 Å². The van der Waals surface area contributed by atoms with Crippen LogP contribution in [0.15, 0.2) is 18.2 Å². The summed E-state index contributed by atoms with van der Waals surface area (Å²) in [5.74, 6) is 1.95. The summed E-state index contributed by atoms with van der Waals surface area (Å²) in [6, 6.07) is 5.30. The predicted octanol–water partition coefficient (Wildman–Crippen LogP) is 3.43. The number of Topliss-reactive ketones (excluding diaryl/α,β-unsaturated/α-hetero) is 1. The van der Waals surface area contributed by atoms with Crippen LogP contribution in [0.5, 0.6) is 11.5 Å². The van der Waals surface area contributed by atoms with E-state index in [-0.39, 0.29) is 5.78 Å². The van der Waals surface area contributed by atoms with Gasteiger partial charge in [0.1, 0.15) is 11.5 Å². The molecule has 1 atom stereocenters. The van der Waals surface area contributed by atoms with E-state index in [0.717, 1.165) is 25.7 Å². The maximum absolute atomic E-state index is 12.4. The summed E-state index contributed by atoms with van der Waals surface area (Å²) in [6.45, 7) is 2.85. The molecule has 0 radical (unpaired) electrons. The normalized spacial score (nSPS) is 12.0. The Balaban J connectivity index is 2.70. The van der Waals surface area contributed by atoms with Crippen molar-refractivity contribution in [3.05, 3.63) is 23.8 Å². The highest BCUT2D eigenvalue weighted by Crippen LogP contribution is 2.25. The van der Waals surface area contributed by atoms with E-state index < -0.39 is 0 Å². The molecule has 4 heteroatoms. The first-order chi connectivity index (χ1) is 10.1. The van der Waals surface area contributed by atoms with Gasteiger partial charge in [-0.05, 0) is 37.4 Å². The third kappa shape index (κ3) is 5.76. The van der Waals surface area contributed by atoms with Crippen LogP contribution in [0.4, 0.5) is 0 Å². The van der Waals surface area contributed by atoms with Crippen molar-refractivity contribution in [1.82, 2.24) is 0 Å². The summed E-state index contributed by atoms with van der Waals surface area (Å²) in [4.78, 5) is 12.4. The van der Waals surface area contributed by atoms with Gasteiger partial charge in [0.2, 0.25) is 0 Å². The van der Waals surface area contributed by atoms with Crippen LogP contribution in [0.3, 0.4) is 0 Å². The van der Waals surface area contributed by atoms with Crippen LogP contribution in [0.25, 0.3) is 0 Å². The van der Waals surface area contributed by atoms with Crippen molar-refractivity contribution < 1.29 is 14.3 Å². The molecular formula is C17H27NO3. The molecule has 0 spiro atoms. The van der Waals surface area contributed by atoms with E-state index in [2.05, 4.69) is 6.92 Å². The Labute approximate surface area is 127 Å². The van der Waals surface area contributed by atoms with Gasteiger partial charge >= 0.3 is 0 Å². The lowest BCUT2D eigenvalue weighted by Crippen LogP contribution is -2.11. The molecule has 118 valence electrons. The second-order valence-corrected chi connectivity index (χ2v) is 5.30. The van der Waals surface area contributed by atoms with E-state index in [1.807, 2.05) is 0 Å². The Bertz CT molecular complexity index is 417. The van der Waals surface area contributed by atoms with Crippen molar-refractivity contribution in [1.29, 1.82) is 0 Å². The molecule has 0 aliphatic carbocycles. The summed E-state index contributed by atoms with van der Waals surface area (Å²) in [5, 5.41) is 0. The van der Waals surface area contributed by atoms with Crippen LogP contribution in [0, 0.1) is 5.92 Å². The molecule has 0 amide bonds. The van der Waals surface area contributed by atoms with Gasteiger partial charge in [0.25, 0.3) is 0 Å². The molecule has 1 aromatic carbocycles. The molecule has 0 saturated heterocycles. The fraction of sp³-hybridized carbons (Fsp3) is 0.588. The minimum Gasteiger partial charge on any atom is -0.497 e. The smallest absolute Gasteiger partial charge is 0.163 e. The number of hydrogen-bond acceptors (Lipinski definition) is 4. The van der Waals surface area contributed by atoms with E-state index in [1.54, 1.807) is 32.4 Å². The molecule has 1 unspecified atom stereocenters. The molecule has 4 nitrogen and oxygen atoms in total. The molecular weight excluding hydrogens is 266 g/mol. The number of ether oxygens (including phenoxy) is 2. The minimum absolute atomic E-state index is 0.130. The lowest BCUT2D eigenvalue weighted by molar-refractivity contribution is 0.0971. The van der Waals surface area contributed by atoms with E-state index in [0.29, 0.717) is 35.9 Å². The highest BCUT2D eigenvalue weighted by atomic mass is 16.5. The summed E-state index contributed by atoms with van der Waals surface area (Å²) < 4.78 is 10.4. The van der Waals surface area contributed by atoms with E-state index >= 15 is 0 Å². The van der Waals surface area contributed by atoms with Gasteiger partial charge in [-0.15, -0.1) is 0 Å². The van der Waals surface area contributed by atoms with Crippen molar-refractivity contribution in [3.8, 4) is 11.5 Å². The topological polar surface area (TPSA) is 61.6 Å². The Morgan fingerprint density at radius 3 is 2.19 bits per heavy atom. The zero-order valence-electron chi connectivity index (χ0n) is 13.4. The highest BCUT2D eigenvalue weighted by Gasteiger charge is 2.13. The first kappa shape index (κ1) is 17.5. The van der Waals surface area contributed by atoms with Gasteiger partial charge in [-0.25, -0.2) is 0 Å². The van der Waals surface area contributed by atoms with E-state index in [9.17, 15) is 4.79 Å². The number of nitrogens with two attached hydrogens (primary N) is 1. The van der Waals surface area contributed by atoms with Gasteiger partial charge < -0.3 is 15.2 Å². The average molecular weight is 293 g/mol. The molecule has 0 aliphatic heterocycles. The SMILES string of the molecule is CCCC(CCN)CCC(=O)c1cc(OC)cc(OC)c1. The van der Waals surface area contributed by atoms with Crippen molar-refractivity contribution >= 4 is 5.78 Å². The second kappa shape index (κ2) is 9.40. The Hall–Kier alpha value is -1.55. The number of hydrogen-bond donors (Lipinski definition) is 1. The van der Waals surface area contributed by atoms with Crippen LogP contribution < -0.4 is 15.2 Å². The van der Waals surface area contributed by atoms with Gasteiger partial charge in [0.05, 0.1) is 14.2 Å². The number of carbonyl (C=O) groups is 1. The van der Waals surface area contributed by atoms with Crippen molar-refractivity contribution in [3.63, 3.8) is 0 Å². The van der Waals surface area contributed by atoms with E-state index in [1.165, 1.54) is 0 Å². The van der Waals surface area contributed by atoms with E-state index in [4.69, 9.17) is 15.2 Å². The van der Waals surface area contributed by atoms with Gasteiger partial charge in [-0.2, -0.15) is 0 Å². The molecule has 0 bridgehead atoms. The number of carbonyl (C=O) groups excluding carboxylic acids is 1. The number of ketones is 1. The fourth-order valence-electron chi connectivity index (χ4n) is 2.52. The predicted molar refractivity (Wildman–Crippen MR) is 85.2 cm³/mol. The number of benzene rings is 1. The summed E-state index contributed by atoms with van der Waals surface area (Å²) in [6.07, 6.45) is 4.69. The van der Waals surface area contributed by atoms with Gasteiger partial charge in [0.15, 0.2) is 5.78 Å². The van der Waals surface area contributed by atoms with Crippen LogP contribution in [0.1, 0.15) is 49.4 Å². The Morgan fingerprint density at radius 1 is 1.10 bits per heavy atom. The van der Waals surface area contributed by atoms with Crippen molar-refractivity contribution in [2.45, 2.75) is 39.0 Å². The van der Waals surface area contributed by atoms with Crippen LogP contribution >= 0.6 is 0 Å². The zero-order valence-corrected chi connectivity index (χ0v) is 13.4. The maximum Gasteiger partial charge on any atom is 0.163 e. The Kier molecular flexibility index (Phi) is 7.83. The van der Waals surface area contributed by atoms with Gasteiger partial charge in [-0.3, -0.25) is 4.79 Å². The van der Waals surface area contributed by atoms with Crippen molar-refractivity contribution in [2.75, 3.05) is 20.8 Å². The molecule has 1 aromatic rings. The zero-order chi connectivity index (χ0) is 15.7. The maximum atomic E-state index is 12.4. The average Bonchev–Trinajstić information content (AvgIpc) is 2.52. The quantitative estimate of drug-likeness (QED) is 0.671. The summed E-state index contributed by atoms with van der Waals surface area (Å²) in [7, 11) is 3.17. The molecule has 0 fully saturated rings. The summed E-state index contributed by atoms with van der Waals surface area (Å²) >= 11 is 0. The van der Waals surface area contributed by atoms with Crippen LogP contribution in [0.2, 0.25) is 0 Å². The van der Waals surface area contributed by atoms with Crippen LogP contribution in [-0.4, -0.2) is 26.5 Å². The first-order valence-corrected chi connectivity index (χ1v) is 7.60. The van der Waals surface area contributed by atoms with Gasteiger partial charge in [0, 0.05) is 18.1 Å². The number of methoxy groups -OCH3 is 2. The van der Waals surface area contributed by atoms with Crippen molar-refractivity contribution in [2.24, 2.45) is 11.7 Å². The highest BCUT2D eigenvalue weighted by molar-refractivity contribution is 5.96. The fourth-order valence-corrected chi connectivity index (χ4v) is 2.52.